The van der Waals surface area contributed by atoms with Gasteiger partial charge in [0, 0.05) is 22.1 Å². The van der Waals surface area contributed by atoms with E-state index in [4.69, 9.17) is 0 Å². The average Bonchev–Trinajstić information content (AvgIpc) is 2.34. The molecule has 1 aliphatic heterocycles. The minimum Gasteiger partial charge on any atom is -0.284 e. The quantitative estimate of drug-likeness (QED) is 0.908. The standard InChI is InChI=1S/C14H19BrN2O/c1-10-5-3-6-11(2)17(10)16-14(18)12-7-4-8-13(15)9-12/h4,7-11H,3,5-6H2,1-2H3,(H,16,18). The summed E-state index contributed by atoms with van der Waals surface area (Å²) in [5.74, 6) is -0.0306. The minimum absolute atomic E-state index is 0.0306. The summed E-state index contributed by atoms with van der Waals surface area (Å²) in [7, 11) is 0. The Bertz CT molecular complexity index is 426. The highest BCUT2D eigenvalue weighted by Gasteiger charge is 2.26. The molecule has 1 saturated heterocycles. The van der Waals surface area contributed by atoms with E-state index in [2.05, 4.69) is 40.2 Å². The zero-order chi connectivity index (χ0) is 13.1. The van der Waals surface area contributed by atoms with E-state index < -0.39 is 0 Å². The lowest BCUT2D eigenvalue weighted by Gasteiger charge is -2.38. The highest BCUT2D eigenvalue weighted by Crippen LogP contribution is 2.20. The largest absolute Gasteiger partial charge is 0.284 e. The summed E-state index contributed by atoms with van der Waals surface area (Å²) < 4.78 is 0.926. The Morgan fingerprint density at radius 2 is 2.00 bits per heavy atom. The topological polar surface area (TPSA) is 32.3 Å². The molecule has 1 aliphatic rings. The first-order chi connectivity index (χ1) is 8.58. The second-order valence-electron chi connectivity index (χ2n) is 4.99. The lowest BCUT2D eigenvalue weighted by molar-refractivity contribution is 0.0370. The first kappa shape index (κ1) is 13.6. The normalized spacial score (nSPS) is 24.8. The van der Waals surface area contributed by atoms with E-state index >= 15 is 0 Å². The molecule has 1 amide bonds. The molecular weight excluding hydrogens is 292 g/mol. The fraction of sp³-hybridized carbons (Fsp3) is 0.500. The van der Waals surface area contributed by atoms with E-state index in [1.54, 1.807) is 0 Å². The van der Waals surface area contributed by atoms with Gasteiger partial charge in [0.15, 0.2) is 0 Å². The zero-order valence-corrected chi connectivity index (χ0v) is 12.4. The number of carbonyl (C=O) groups is 1. The van der Waals surface area contributed by atoms with Crippen LogP contribution in [0.25, 0.3) is 0 Å². The molecule has 0 aromatic heterocycles. The summed E-state index contributed by atoms with van der Waals surface area (Å²) in [4.78, 5) is 12.2. The van der Waals surface area contributed by atoms with Gasteiger partial charge in [-0.2, -0.15) is 0 Å². The summed E-state index contributed by atoms with van der Waals surface area (Å²) >= 11 is 3.39. The van der Waals surface area contributed by atoms with Gasteiger partial charge >= 0.3 is 0 Å². The van der Waals surface area contributed by atoms with Crippen molar-refractivity contribution in [1.82, 2.24) is 10.4 Å². The van der Waals surface area contributed by atoms with Crippen LogP contribution < -0.4 is 5.43 Å². The molecule has 98 valence electrons. The smallest absolute Gasteiger partial charge is 0.265 e. The van der Waals surface area contributed by atoms with Crippen molar-refractivity contribution in [2.45, 2.75) is 45.2 Å². The van der Waals surface area contributed by atoms with E-state index in [9.17, 15) is 4.79 Å². The number of nitrogens with one attached hydrogen (secondary N) is 1. The van der Waals surface area contributed by atoms with E-state index in [1.807, 2.05) is 24.3 Å². The molecule has 1 fully saturated rings. The molecule has 1 aromatic rings. The second-order valence-corrected chi connectivity index (χ2v) is 5.90. The molecule has 0 radical (unpaired) electrons. The summed E-state index contributed by atoms with van der Waals surface area (Å²) in [5.41, 5.74) is 3.72. The molecule has 2 atom stereocenters. The molecule has 4 heteroatoms. The maximum atomic E-state index is 12.2. The molecule has 18 heavy (non-hydrogen) atoms. The molecule has 3 nitrogen and oxygen atoms in total. The van der Waals surface area contributed by atoms with Gasteiger partial charge in [0.05, 0.1) is 0 Å². The van der Waals surface area contributed by atoms with Crippen molar-refractivity contribution in [3.05, 3.63) is 34.3 Å². The van der Waals surface area contributed by atoms with Gasteiger partial charge in [-0.3, -0.25) is 10.2 Å². The Kier molecular flexibility index (Phi) is 4.40. The highest BCUT2D eigenvalue weighted by molar-refractivity contribution is 9.10. The van der Waals surface area contributed by atoms with Crippen LogP contribution in [0.15, 0.2) is 28.7 Å². The Hall–Kier alpha value is -0.870. The molecule has 0 aliphatic carbocycles. The number of hydrazine groups is 1. The summed E-state index contributed by atoms with van der Waals surface area (Å²) in [5, 5.41) is 2.09. The monoisotopic (exact) mass is 310 g/mol. The van der Waals surface area contributed by atoms with Gasteiger partial charge in [-0.1, -0.05) is 28.4 Å². The average molecular weight is 311 g/mol. The second kappa shape index (κ2) is 5.85. The molecule has 0 spiro atoms. The summed E-state index contributed by atoms with van der Waals surface area (Å²) in [6, 6.07) is 8.29. The third-order valence-corrected chi connectivity index (χ3v) is 4.00. The van der Waals surface area contributed by atoms with Crippen LogP contribution in [0, 0.1) is 0 Å². The predicted molar refractivity (Wildman–Crippen MR) is 76.2 cm³/mol. The highest BCUT2D eigenvalue weighted by atomic mass is 79.9. The molecule has 1 aromatic carbocycles. The number of amides is 1. The van der Waals surface area contributed by atoms with Gasteiger partial charge in [-0.15, -0.1) is 0 Å². The minimum atomic E-state index is -0.0306. The van der Waals surface area contributed by atoms with Crippen LogP contribution in [0.5, 0.6) is 0 Å². The van der Waals surface area contributed by atoms with E-state index in [-0.39, 0.29) is 5.91 Å². The van der Waals surface area contributed by atoms with Crippen LogP contribution in [-0.2, 0) is 0 Å². The number of halogens is 1. The first-order valence-corrected chi connectivity index (χ1v) is 7.22. The van der Waals surface area contributed by atoms with Crippen molar-refractivity contribution in [1.29, 1.82) is 0 Å². The van der Waals surface area contributed by atoms with Gasteiger partial charge in [-0.05, 0) is 44.9 Å². The van der Waals surface area contributed by atoms with Crippen molar-refractivity contribution in [3.63, 3.8) is 0 Å². The number of benzene rings is 1. The van der Waals surface area contributed by atoms with Gasteiger partial charge in [0.1, 0.15) is 0 Å². The van der Waals surface area contributed by atoms with Crippen molar-refractivity contribution in [3.8, 4) is 0 Å². The maximum Gasteiger partial charge on any atom is 0.265 e. The Balaban J connectivity index is 2.06. The predicted octanol–water partition coefficient (Wildman–Crippen LogP) is 3.36. The summed E-state index contributed by atoms with van der Waals surface area (Å²) in [6.07, 6.45) is 3.53. The van der Waals surface area contributed by atoms with Crippen molar-refractivity contribution in [2.24, 2.45) is 0 Å². The number of hydrogen-bond acceptors (Lipinski definition) is 2. The Morgan fingerprint density at radius 1 is 1.33 bits per heavy atom. The van der Waals surface area contributed by atoms with E-state index in [1.165, 1.54) is 6.42 Å². The van der Waals surface area contributed by atoms with Crippen LogP contribution in [0.1, 0.15) is 43.5 Å². The zero-order valence-electron chi connectivity index (χ0n) is 10.8. The Labute approximate surface area is 117 Å². The Morgan fingerprint density at radius 3 is 2.61 bits per heavy atom. The summed E-state index contributed by atoms with van der Waals surface area (Å²) in [6.45, 7) is 4.33. The lowest BCUT2D eigenvalue weighted by atomic mass is 10.00. The van der Waals surface area contributed by atoms with Crippen molar-refractivity contribution < 1.29 is 4.79 Å². The first-order valence-electron chi connectivity index (χ1n) is 6.43. The molecule has 1 heterocycles. The van der Waals surface area contributed by atoms with Gasteiger partial charge in [-0.25, -0.2) is 5.01 Å². The van der Waals surface area contributed by atoms with Gasteiger partial charge in [0.2, 0.25) is 0 Å². The van der Waals surface area contributed by atoms with Gasteiger partial charge in [0.25, 0.3) is 5.91 Å². The van der Waals surface area contributed by atoms with Crippen LogP contribution in [0.3, 0.4) is 0 Å². The number of piperidine rings is 1. The molecule has 1 N–H and O–H groups in total. The fourth-order valence-corrected chi connectivity index (χ4v) is 2.85. The third kappa shape index (κ3) is 3.12. The van der Waals surface area contributed by atoms with Crippen LogP contribution >= 0.6 is 15.9 Å². The molecular formula is C14H19BrN2O. The number of hydrogen-bond donors (Lipinski definition) is 1. The van der Waals surface area contributed by atoms with E-state index in [0.717, 1.165) is 17.3 Å². The van der Waals surface area contributed by atoms with Crippen LogP contribution in [0.2, 0.25) is 0 Å². The van der Waals surface area contributed by atoms with Crippen molar-refractivity contribution >= 4 is 21.8 Å². The lowest BCUT2D eigenvalue weighted by Crippen LogP contribution is -2.54. The number of carbonyl (C=O) groups excluding carboxylic acids is 1. The van der Waals surface area contributed by atoms with Crippen LogP contribution in [0.4, 0.5) is 0 Å². The van der Waals surface area contributed by atoms with Gasteiger partial charge < -0.3 is 0 Å². The van der Waals surface area contributed by atoms with Crippen molar-refractivity contribution in [2.75, 3.05) is 0 Å². The SMILES string of the molecule is CC1CCCC(C)N1NC(=O)c1cccc(Br)c1. The number of nitrogens with zero attached hydrogens (tertiary/aromatic N) is 1. The van der Waals surface area contributed by atoms with Crippen LogP contribution in [-0.4, -0.2) is 23.0 Å². The maximum absolute atomic E-state index is 12.2. The fourth-order valence-electron chi connectivity index (χ4n) is 2.45. The molecule has 0 saturated carbocycles. The third-order valence-electron chi connectivity index (χ3n) is 3.51. The molecule has 2 unspecified atom stereocenters. The van der Waals surface area contributed by atoms with E-state index in [0.29, 0.717) is 17.6 Å². The molecule has 0 bridgehead atoms. The molecule has 2 rings (SSSR count). The number of rotatable bonds is 2.